The average molecular weight is 295 g/mol. The minimum Gasteiger partial charge on any atom is -0.466 e. The maximum Gasteiger partial charge on any atom is 0.393 e. The van der Waals surface area contributed by atoms with E-state index in [-0.39, 0.29) is 25.9 Å². The SMILES string of the molecule is CCOC(=O)CCC(=O)NC1CCCCC1C(F)(F)F. The summed E-state index contributed by atoms with van der Waals surface area (Å²) in [6, 6.07) is -0.876. The Labute approximate surface area is 116 Å². The van der Waals surface area contributed by atoms with Gasteiger partial charge in [0.25, 0.3) is 0 Å². The molecule has 4 nitrogen and oxygen atoms in total. The lowest BCUT2D eigenvalue weighted by Gasteiger charge is -2.33. The summed E-state index contributed by atoms with van der Waals surface area (Å²) < 4.78 is 43.2. The topological polar surface area (TPSA) is 55.4 Å². The summed E-state index contributed by atoms with van der Waals surface area (Å²) in [5.74, 6) is -2.53. The molecule has 20 heavy (non-hydrogen) atoms. The highest BCUT2D eigenvalue weighted by atomic mass is 19.4. The third kappa shape index (κ3) is 5.38. The van der Waals surface area contributed by atoms with Crippen molar-refractivity contribution in [1.82, 2.24) is 5.32 Å². The first-order chi connectivity index (χ1) is 9.34. The van der Waals surface area contributed by atoms with Crippen molar-refractivity contribution < 1.29 is 27.5 Å². The van der Waals surface area contributed by atoms with Crippen LogP contribution in [0.1, 0.15) is 45.4 Å². The van der Waals surface area contributed by atoms with Gasteiger partial charge in [0, 0.05) is 12.5 Å². The smallest absolute Gasteiger partial charge is 0.393 e. The van der Waals surface area contributed by atoms with Crippen molar-refractivity contribution in [2.45, 2.75) is 57.7 Å². The Morgan fingerprint density at radius 1 is 1.20 bits per heavy atom. The number of ether oxygens (including phenoxy) is 1. The highest BCUT2D eigenvalue weighted by Crippen LogP contribution is 2.37. The molecule has 2 atom stereocenters. The summed E-state index contributed by atoms with van der Waals surface area (Å²) in [4.78, 5) is 22.7. The van der Waals surface area contributed by atoms with Gasteiger partial charge in [0.15, 0.2) is 0 Å². The molecule has 1 fully saturated rings. The van der Waals surface area contributed by atoms with Crippen LogP contribution in [0.15, 0.2) is 0 Å². The molecule has 0 aromatic carbocycles. The lowest BCUT2D eigenvalue weighted by molar-refractivity contribution is -0.189. The van der Waals surface area contributed by atoms with Crippen LogP contribution in [0.2, 0.25) is 0 Å². The first-order valence-electron chi connectivity index (χ1n) is 6.86. The number of alkyl halides is 3. The van der Waals surface area contributed by atoms with Gasteiger partial charge in [-0.3, -0.25) is 9.59 Å². The van der Waals surface area contributed by atoms with Crippen molar-refractivity contribution >= 4 is 11.9 Å². The van der Waals surface area contributed by atoms with Crippen LogP contribution < -0.4 is 5.32 Å². The molecule has 1 saturated carbocycles. The van der Waals surface area contributed by atoms with E-state index in [0.29, 0.717) is 19.3 Å². The van der Waals surface area contributed by atoms with E-state index in [2.05, 4.69) is 10.1 Å². The maximum atomic E-state index is 12.8. The molecule has 2 unspecified atom stereocenters. The Hall–Kier alpha value is -1.27. The predicted molar refractivity (Wildman–Crippen MR) is 65.8 cm³/mol. The zero-order valence-corrected chi connectivity index (χ0v) is 11.5. The molecule has 0 bridgehead atoms. The summed E-state index contributed by atoms with van der Waals surface area (Å²) in [7, 11) is 0. The van der Waals surface area contributed by atoms with Crippen LogP contribution in [0.3, 0.4) is 0 Å². The molecule has 1 amide bonds. The molecule has 116 valence electrons. The van der Waals surface area contributed by atoms with Crippen LogP contribution in [0.25, 0.3) is 0 Å². The summed E-state index contributed by atoms with van der Waals surface area (Å²) in [6.45, 7) is 1.87. The molecule has 0 heterocycles. The number of hydrogen-bond donors (Lipinski definition) is 1. The number of esters is 1. The number of amides is 1. The van der Waals surface area contributed by atoms with E-state index in [1.54, 1.807) is 6.92 Å². The fraction of sp³-hybridized carbons (Fsp3) is 0.846. The Kier molecular flexibility index (Phi) is 6.29. The lowest BCUT2D eigenvalue weighted by atomic mass is 9.84. The van der Waals surface area contributed by atoms with E-state index >= 15 is 0 Å². The van der Waals surface area contributed by atoms with Crippen molar-refractivity contribution in [3.63, 3.8) is 0 Å². The fourth-order valence-electron chi connectivity index (χ4n) is 2.42. The third-order valence-corrected chi connectivity index (χ3v) is 3.39. The van der Waals surface area contributed by atoms with E-state index in [1.165, 1.54) is 0 Å². The molecular formula is C13H20F3NO3. The minimum absolute atomic E-state index is 0.0479. The number of rotatable bonds is 5. The van der Waals surface area contributed by atoms with Crippen molar-refractivity contribution in [2.75, 3.05) is 6.61 Å². The molecule has 1 aliphatic carbocycles. The molecule has 0 saturated heterocycles. The zero-order valence-electron chi connectivity index (χ0n) is 11.5. The molecule has 1 N–H and O–H groups in total. The van der Waals surface area contributed by atoms with E-state index in [1.807, 2.05) is 0 Å². The second-order valence-electron chi connectivity index (χ2n) is 4.91. The molecule has 7 heteroatoms. The van der Waals surface area contributed by atoms with E-state index in [4.69, 9.17) is 0 Å². The number of carbonyl (C=O) groups is 2. The monoisotopic (exact) mass is 295 g/mol. The first-order valence-corrected chi connectivity index (χ1v) is 6.86. The maximum absolute atomic E-state index is 12.8. The number of carbonyl (C=O) groups excluding carboxylic acids is 2. The standard InChI is InChI=1S/C13H20F3NO3/c1-2-20-12(19)8-7-11(18)17-10-6-4-3-5-9(10)13(14,15)16/h9-10H,2-8H2,1H3,(H,17,18). The van der Waals surface area contributed by atoms with Gasteiger partial charge in [-0.15, -0.1) is 0 Å². The van der Waals surface area contributed by atoms with Gasteiger partial charge in [0.2, 0.25) is 5.91 Å². The largest absolute Gasteiger partial charge is 0.466 e. The molecule has 0 aromatic rings. The highest BCUT2D eigenvalue weighted by Gasteiger charge is 2.45. The molecule has 1 aliphatic rings. The second-order valence-corrected chi connectivity index (χ2v) is 4.91. The Balaban J connectivity index is 2.44. The van der Waals surface area contributed by atoms with E-state index in [9.17, 15) is 22.8 Å². The van der Waals surface area contributed by atoms with Gasteiger partial charge < -0.3 is 10.1 Å². The van der Waals surface area contributed by atoms with E-state index in [0.717, 1.165) is 0 Å². The van der Waals surface area contributed by atoms with Crippen molar-refractivity contribution in [3.8, 4) is 0 Å². The molecular weight excluding hydrogens is 275 g/mol. The van der Waals surface area contributed by atoms with Crippen LogP contribution >= 0.6 is 0 Å². The summed E-state index contributed by atoms with van der Waals surface area (Å²) in [5.41, 5.74) is 0. The second kappa shape index (κ2) is 7.50. The van der Waals surface area contributed by atoms with Crippen LogP contribution in [0, 0.1) is 5.92 Å². The Morgan fingerprint density at radius 3 is 2.45 bits per heavy atom. The third-order valence-electron chi connectivity index (χ3n) is 3.39. The van der Waals surface area contributed by atoms with Crippen LogP contribution in [0.4, 0.5) is 13.2 Å². The quantitative estimate of drug-likeness (QED) is 0.793. The number of nitrogens with one attached hydrogen (secondary N) is 1. The van der Waals surface area contributed by atoms with E-state index < -0.39 is 30.0 Å². The van der Waals surface area contributed by atoms with Gasteiger partial charge in [-0.2, -0.15) is 13.2 Å². The molecule has 0 radical (unpaired) electrons. The lowest BCUT2D eigenvalue weighted by Crippen LogP contribution is -2.47. The van der Waals surface area contributed by atoms with Gasteiger partial charge in [0.1, 0.15) is 0 Å². The zero-order chi connectivity index (χ0) is 15.2. The fourth-order valence-corrected chi connectivity index (χ4v) is 2.42. The van der Waals surface area contributed by atoms with Gasteiger partial charge in [-0.25, -0.2) is 0 Å². The minimum atomic E-state index is -4.29. The average Bonchev–Trinajstić information content (AvgIpc) is 2.36. The highest BCUT2D eigenvalue weighted by molar-refractivity contribution is 5.81. The van der Waals surface area contributed by atoms with Gasteiger partial charge in [-0.1, -0.05) is 12.8 Å². The molecule has 1 rings (SSSR count). The first kappa shape index (κ1) is 16.8. The predicted octanol–water partition coefficient (Wildman–Crippen LogP) is 2.57. The summed E-state index contributed by atoms with van der Waals surface area (Å²) in [6.07, 6.45) is -2.96. The van der Waals surface area contributed by atoms with Gasteiger partial charge in [0.05, 0.1) is 18.9 Å². The van der Waals surface area contributed by atoms with Crippen LogP contribution in [-0.4, -0.2) is 30.7 Å². The Morgan fingerprint density at radius 2 is 1.85 bits per heavy atom. The van der Waals surface area contributed by atoms with Crippen molar-refractivity contribution in [3.05, 3.63) is 0 Å². The number of halogens is 3. The van der Waals surface area contributed by atoms with Crippen molar-refractivity contribution in [2.24, 2.45) is 5.92 Å². The van der Waals surface area contributed by atoms with Crippen LogP contribution in [0.5, 0.6) is 0 Å². The number of hydrogen-bond acceptors (Lipinski definition) is 3. The van der Waals surface area contributed by atoms with Crippen LogP contribution in [-0.2, 0) is 14.3 Å². The Bertz CT molecular complexity index is 344. The molecule has 0 spiro atoms. The summed E-state index contributed by atoms with van der Waals surface area (Å²) in [5, 5.41) is 2.41. The van der Waals surface area contributed by atoms with Crippen molar-refractivity contribution in [1.29, 1.82) is 0 Å². The molecule has 0 aliphatic heterocycles. The van der Waals surface area contributed by atoms with Gasteiger partial charge in [-0.05, 0) is 19.8 Å². The molecule has 0 aromatic heterocycles. The normalized spacial score (nSPS) is 23.2. The van der Waals surface area contributed by atoms with Gasteiger partial charge >= 0.3 is 12.1 Å². The summed E-state index contributed by atoms with van der Waals surface area (Å²) >= 11 is 0.